The second kappa shape index (κ2) is 17.6. The molecule has 4 aromatic rings. The van der Waals surface area contributed by atoms with E-state index in [1.165, 1.54) is 160 Å². The lowest BCUT2D eigenvalue weighted by atomic mass is 9.69. The molecule has 1 heteroatoms. The SMILES string of the molecule is CCCCCCCCCCC1(CCCCCCCCCC)c2cc(-c3ccccc3)ccc2-c2ccc(-c3ccccc3)c(N)c21. The molecular weight excluding hydrogens is 555 g/mol. The zero-order valence-corrected chi connectivity index (χ0v) is 29.0. The van der Waals surface area contributed by atoms with Crippen molar-refractivity contribution < 1.29 is 0 Å². The van der Waals surface area contributed by atoms with Gasteiger partial charge in [0.15, 0.2) is 0 Å². The van der Waals surface area contributed by atoms with Gasteiger partial charge in [0.25, 0.3) is 0 Å². The molecule has 0 saturated carbocycles. The van der Waals surface area contributed by atoms with Gasteiger partial charge in [-0.15, -0.1) is 0 Å². The van der Waals surface area contributed by atoms with Crippen molar-refractivity contribution >= 4 is 5.69 Å². The fourth-order valence-corrected chi connectivity index (χ4v) is 8.11. The first-order valence-corrected chi connectivity index (χ1v) is 18.9. The Balaban J connectivity index is 1.50. The largest absolute Gasteiger partial charge is 0.398 e. The van der Waals surface area contributed by atoms with Gasteiger partial charge < -0.3 is 5.73 Å². The lowest BCUT2D eigenvalue weighted by Gasteiger charge is -2.34. The zero-order chi connectivity index (χ0) is 32.0. The topological polar surface area (TPSA) is 26.0 Å². The monoisotopic (exact) mass is 613 g/mol. The Morgan fingerprint density at radius 2 is 0.891 bits per heavy atom. The van der Waals surface area contributed by atoms with Crippen LogP contribution in [0.4, 0.5) is 5.69 Å². The van der Waals surface area contributed by atoms with Crippen LogP contribution in [0.3, 0.4) is 0 Å². The summed E-state index contributed by atoms with van der Waals surface area (Å²) in [6.45, 7) is 4.61. The molecule has 4 aromatic carbocycles. The average molecular weight is 614 g/mol. The van der Waals surface area contributed by atoms with Crippen LogP contribution in [0.5, 0.6) is 0 Å². The van der Waals surface area contributed by atoms with E-state index in [1.54, 1.807) is 0 Å². The molecule has 0 atom stereocenters. The number of hydrogen-bond acceptors (Lipinski definition) is 1. The van der Waals surface area contributed by atoms with Gasteiger partial charge in [0, 0.05) is 16.7 Å². The number of nitrogen functional groups attached to an aromatic ring is 1. The van der Waals surface area contributed by atoms with E-state index in [1.807, 2.05) is 0 Å². The van der Waals surface area contributed by atoms with Crippen LogP contribution in [0, 0.1) is 0 Å². The van der Waals surface area contributed by atoms with Gasteiger partial charge in [-0.3, -0.25) is 0 Å². The van der Waals surface area contributed by atoms with Gasteiger partial charge in [0.1, 0.15) is 0 Å². The minimum absolute atomic E-state index is 0.0469. The molecule has 0 saturated heterocycles. The van der Waals surface area contributed by atoms with E-state index in [0.29, 0.717) is 0 Å². The molecule has 5 rings (SSSR count). The van der Waals surface area contributed by atoms with Crippen LogP contribution >= 0.6 is 0 Å². The second-order valence-corrected chi connectivity index (χ2v) is 14.0. The highest BCUT2D eigenvalue weighted by atomic mass is 14.6. The first-order valence-electron chi connectivity index (χ1n) is 18.9. The molecule has 0 aliphatic heterocycles. The Morgan fingerprint density at radius 1 is 0.435 bits per heavy atom. The van der Waals surface area contributed by atoms with Crippen LogP contribution in [0.2, 0.25) is 0 Å². The van der Waals surface area contributed by atoms with Crippen molar-refractivity contribution in [1.29, 1.82) is 0 Å². The maximum atomic E-state index is 7.37. The van der Waals surface area contributed by atoms with Crippen molar-refractivity contribution in [2.45, 2.75) is 135 Å². The van der Waals surface area contributed by atoms with Crippen LogP contribution < -0.4 is 5.73 Å². The molecule has 0 heterocycles. The third kappa shape index (κ3) is 8.14. The van der Waals surface area contributed by atoms with E-state index in [-0.39, 0.29) is 5.41 Å². The Hall–Kier alpha value is -3.32. The molecule has 244 valence electrons. The van der Waals surface area contributed by atoms with Crippen LogP contribution in [0.1, 0.15) is 141 Å². The molecule has 2 N–H and O–H groups in total. The Morgan fingerprint density at radius 3 is 1.43 bits per heavy atom. The number of fused-ring (bicyclic) bond motifs is 3. The molecule has 0 spiro atoms. The molecule has 0 amide bonds. The van der Waals surface area contributed by atoms with E-state index >= 15 is 0 Å². The smallest absolute Gasteiger partial charge is 0.0441 e. The normalized spacial score (nSPS) is 13.1. The Kier molecular flexibility index (Phi) is 13.0. The molecule has 1 aliphatic rings. The van der Waals surface area contributed by atoms with Gasteiger partial charge in [-0.05, 0) is 57.9 Å². The van der Waals surface area contributed by atoms with Crippen molar-refractivity contribution in [2.75, 3.05) is 5.73 Å². The fourth-order valence-electron chi connectivity index (χ4n) is 8.11. The maximum absolute atomic E-state index is 7.37. The van der Waals surface area contributed by atoms with E-state index in [4.69, 9.17) is 5.73 Å². The van der Waals surface area contributed by atoms with Gasteiger partial charge in [-0.2, -0.15) is 0 Å². The summed E-state index contributed by atoms with van der Waals surface area (Å²) in [7, 11) is 0. The fraction of sp³-hybridized carbons (Fsp3) is 0.467. The number of hydrogen-bond donors (Lipinski definition) is 1. The minimum Gasteiger partial charge on any atom is -0.398 e. The van der Waals surface area contributed by atoms with Gasteiger partial charge in [-0.25, -0.2) is 0 Å². The van der Waals surface area contributed by atoms with E-state index < -0.39 is 0 Å². The number of rotatable bonds is 20. The molecular formula is C45H59N. The van der Waals surface area contributed by atoms with Gasteiger partial charge in [0.05, 0.1) is 0 Å². The second-order valence-electron chi connectivity index (χ2n) is 14.0. The summed E-state index contributed by atoms with van der Waals surface area (Å²) in [5.41, 5.74) is 19.1. The third-order valence-electron chi connectivity index (χ3n) is 10.7. The van der Waals surface area contributed by atoms with Crippen LogP contribution in [0.15, 0.2) is 91.0 Å². The zero-order valence-electron chi connectivity index (χ0n) is 29.0. The number of benzene rings is 4. The highest BCUT2D eigenvalue weighted by Crippen LogP contribution is 2.58. The predicted octanol–water partition coefficient (Wildman–Crippen LogP) is 13.9. The van der Waals surface area contributed by atoms with Gasteiger partial charge in [0.2, 0.25) is 0 Å². The summed E-state index contributed by atoms with van der Waals surface area (Å²) in [4.78, 5) is 0. The molecule has 0 radical (unpaired) electrons. The van der Waals surface area contributed by atoms with Crippen molar-refractivity contribution in [3.8, 4) is 33.4 Å². The lowest BCUT2D eigenvalue weighted by molar-refractivity contribution is 0.398. The molecule has 0 bridgehead atoms. The molecule has 1 aliphatic carbocycles. The minimum atomic E-state index is -0.0469. The van der Waals surface area contributed by atoms with E-state index in [9.17, 15) is 0 Å². The summed E-state index contributed by atoms with van der Waals surface area (Å²) in [5, 5.41) is 0. The Bertz CT molecular complexity index is 1450. The third-order valence-corrected chi connectivity index (χ3v) is 10.7. The predicted molar refractivity (Wildman–Crippen MR) is 202 cm³/mol. The van der Waals surface area contributed by atoms with Crippen molar-refractivity contribution in [3.63, 3.8) is 0 Å². The molecule has 0 unspecified atom stereocenters. The van der Waals surface area contributed by atoms with Crippen LogP contribution in [0.25, 0.3) is 33.4 Å². The maximum Gasteiger partial charge on any atom is 0.0441 e. The summed E-state index contributed by atoms with van der Waals surface area (Å²) in [6, 6.07) is 33.7. The summed E-state index contributed by atoms with van der Waals surface area (Å²) < 4.78 is 0. The van der Waals surface area contributed by atoms with Crippen molar-refractivity contribution in [2.24, 2.45) is 0 Å². The molecule has 0 aromatic heterocycles. The number of nitrogens with two attached hydrogens (primary N) is 1. The first-order chi connectivity index (χ1) is 22.7. The number of anilines is 1. The summed E-state index contributed by atoms with van der Waals surface area (Å²) in [6.07, 6.45) is 23.9. The van der Waals surface area contributed by atoms with Gasteiger partial charge in [-0.1, -0.05) is 202 Å². The van der Waals surface area contributed by atoms with Crippen LogP contribution in [-0.2, 0) is 5.41 Å². The van der Waals surface area contributed by atoms with Crippen LogP contribution in [-0.4, -0.2) is 0 Å². The van der Waals surface area contributed by atoms with E-state index in [2.05, 4.69) is 105 Å². The molecule has 0 fully saturated rings. The van der Waals surface area contributed by atoms with E-state index in [0.717, 1.165) is 5.69 Å². The standard InChI is InChI=1S/C45H59N/c1-3-5-7-9-11-13-15-23-33-45(34-24-16-14-12-10-8-6-4-2)42-35-38(36-25-19-17-20-26-36)29-30-40(42)41-32-31-39(44(46)43(41)45)37-27-21-18-22-28-37/h17-22,25-32,35H,3-16,23-24,33-34,46H2,1-2H3. The highest BCUT2D eigenvalue weighted by molar-refractivity contribution is 5.93. The van der Waals surface area contributed by atoms with Gasteiger partial charge >= 0.3 is 0 Å². The Labute approximate surface area is 281 Å². The quantitative estimate of drug-likeness (QED) is 0.0779. The highest BCUT2D eigenvalue weighted by Gasteiger charge is 2.44. The molecule has 1 nitrogen and oxygen atoms in total. The summed E-state index contributed by atoms with van der Waals surface area (Å²) >= 11 is 0. The molecule has 46 heavy (non-hydrogen) atoms. The lowest BCUT2D eigenvalue weighted by Crippen LogP contribution is -2.27. The average Bonchev–Trinajstić information content (AvgIpc) is 3.37. The van der Waals surface area contributed by atoms with Crippen molar-refractivity contribution in [3.05, 3.63) is 102 Å². The summed E-state index contributed by atoms with van der Waals surface area (Å²) in [5.74, 6) is 0. The first kappa shape index (κ1) is 34.0. The number of unbranched alkanes of at least 4 members (excludes halogenated alkanes) is 14. The van der Waals surface area contributed by atoms with Crippen molar-refractivity contribution in [1.82, 2.24) is 0 Å².